The number of likely N-dealkylation sites (tertiary alicyclic amines) is 1. The first-order valence-electron chi connectivity index (χ1n) is 14.3. The highest BCUT2D eigenvalue weighted by Crippen LogP contribution is 2.32. The van der Waals surface area contributed by atoms with E-state index < -0.39 is 23.7 Å². The van der Waals surface area contributed by atoms with Gasteiger partial charge in [-0.15, -0.1) is 0 Å². The molecule has 3 aromatic rings. The SMILES string of the molecule is CCOC(=O)[C@H](Cc1ccc(OCCCN2CCC(c3noc4cc(F)ccc34)CC2)cc1)NC(=O)OC(C)(C)C. The van der Waals surface area contributed by atoms with Crippen LogP contribution < -0.4 is 10.1 Å². The molecule has 1 N–H and O–H groups in total. The maximum absolute atomic E-state index is 13.5. The molecule has 1 saturated heterocycles. The molecule has 4 rings (SSSR count). The summed E-state index contributed by atoms with van der Waals surface area (Å²) in [5.41, 5.74) is 1.62. The number of nitrogens with zero attached hydrogens (tertiary/aromatic N) is 2. The maximum Gasteiger partial charge on any atom is 0.408 e. The fraction of sp³-hybridized carbons (Fsp3) is 0.516. The van der Waals surface area contributed by atoms with Crippen molar-refractivity contribution in [2.24, 2.45) is 0 Å². The highest BCUT2D eigenvalue weighted by molar-refractivity contribution is 5.82. The Morgan fingerprint density at radius 3 is 2.56 bits per heavy atom. The van der Waals surface area contributed by atoms with Crippen LogP contribution in [-0.2, 0) is 20.7 Å². The molecule has 0 bridgehead atoms. The van der Waals surface area contributed by atoms with Crippen molar-refractivity contribution in [3.05, 3.63) is 59.5 Å². The van der Waals surface area contributed by atoms with E-state index in [0.717, 1.165) is 61.3 Å². The first-order chi connectivity index (χ1) is 19.6. The van der Waals surface area contributed by atoms with E-state index in [0.29, 0.717) is 18.1 Å². The van der Waals surface area contributed by atoms with Gasteiger partial charge in [-0.3, -0.25) is 0 Å². The van der Waals surface area contributed by atoms with E-state index in [1.165, 1.54) is 12.1 Å². The Morgan fingerprint density at radius 2 is 1.88 bits per heavy atom. The van der Waals surface area contributed by atoms with Gasteiger partial charge in [-0.05, 0) is 89.9 Å². The standard InChI is InChI=1S/C31H40FN3O6/c1-5-38-29(36)26(33-30(37)40-31(2,3)4)19-21-7-10-24(11-8-21)39-18-6-15-35-16-13-22(14-17-35)28-25-12-9-23(32)20-27(25)41-34-28/h7-12,20,22,26H,5-6,13-19H2,1-4H3,(H,33,37)/t26-/m0/s1. The first-order valence-corrected chi connectivity index (χ1v) is 14.3. The molecule has 1 aromatic heterocycles. The number of nitrogens with one attached hydrogen (secondary N) is 1. The summed E-state index contributed by atoms with van der Waals surface area (Å²) in [4.78, 5) is 27.1. The summed E-state index contributed by atoms with van der Waals surface area (Å²) >= 11 is 0. The van der Waals surface area contributed by atoms with E-state index >= 15 is 0 Å². The van der Waals surface area contributed by atoms with Crippen LogP contribution in [-0.4, -0.2) is 66.6 Å². The quantitative estimate of drug-likeness (QED) is 0.235. The van der Waals surface area contributed by atoms with Gasteiger partial charge in [-0.2, -0.15) is 0 Å². The molecule has 1 amide bonds. The van der Waals surface area contributed by atoms with Crippen molar-refractivity contribution in [3.8, 4) is 5.75 Å². The lowest BCUT2D eigenvalue weighted by Crippen LogP contribution is -2.45. The van der Waals surface area contributed by atoms with Crippen molar-refractivity contribution in [3.63, 3.8) is 0 Å². The van der Waals surface area contributed by atoms with Gasteiger partial charge in [0.1, 0.15) is 23.2 Å². The lowest BCUT2D eigenvalue weighted by Gasteiger charge is -2.31. The zero-order valence-electron chi connectivity index (χ0n) is 24.3. The zero-order valence-corrected chi connectivity index (χ0v) is 24.3. The minimum Gasteiger partial charge on any atom is -0.494 e. The number of carbonyl (C=O) groups excluding carboxylic acids is 2. The van der Waals surface area contributed by atoms with Crippen LogP contribution in [0.3, 0.4) is 0 Å². The van der Waals surface area contributed by atoms with Gasteiger partial charge in [0, 0.05) is 30.3 Å². The molecule has 1 atom stereocenters. The molecule has 0 spiro atoms. The molecule has 41 heavy (non-hydrogen) atoms. The van der Waals surface area contributed by atoms with E-state index in [4.69, 9.17) is 18.7 Å². The van der Waals surface area contributed by atoms with Gasteiger partial charge in [0.15, 0.2) is 5.58 Å². The lowest BCUT2D eigenvalue weighted by atomic mass is 9.91. The predicted octanol–water partition coefficient (Wildman–Crippen LogP) is 5.61. The number of piperidine rings is 1. The average molecular weight is 570 g/mol. The topological polar surface area (TPSA) is 103 Å². The van der Waals surface area contributed by atoms with Gasteiger partial charge in [0.05, 0.1) is 18.9 Å². The Bertz CT molecular complexity index is 1300. The molecular weight excluding hydrogens is 529 g/mol. The minimum absolute atomic E-state index is 0.219. The van der Waals surface area contributed by atoms with Crippen molar-refractivity contribution in [2.45, 2.75) is 70.9 Å². The van der Waals surface area contributed by atoms with Crippen LogP contribution in [0.2, 0.25) is 0 Å². The summed E-state index contributed by atoms with van der Waals surface area (Å²) in [7, 11) is 0. The molecular formula is C31H40FN3O6. The first kappa shape index (κ1) is 30.3. The molecule has 0 unspecified atom stereocenters. The van der Waals surface area contributed by atoms with E-state index in [2.05, 4.69) is 15.4 Å². The number of hydrogen-bond donors (Lipinski definition) is 1. The summed E-state index contributed by atoms with van der Waals surface area (Å²) in [6.07, 6.45) is 2.47. The van der Waals surface area contributed by atoms with Gasteiger partial charge >= 0.3 is 12.1 Å². The second-order valence-electron chi connectivity index (χ2n) is 11.3. The molecule has 1 aliphatic rings. The van der Waals surface area contributed by atoms with Crippen molar-refractivity contribution in [1.29, 1.82) is 0 Å². The van der Waals surface area contributed by atoms with Gasteiger partial charge in [-0.1, -0.05) is 17.3 Å². The van der Waals surface area contributed by atoms with Crippen LogP contribution in [0, 0.1) is 5.82 Å². The summed E-state index contributed by atoms with van der Waals surface area (Å²) in [6.45, 7) is 10.7. The number of aromatic nitrogens is 1. The van der Waals surface area contributed by atoms with Crippen LogP contribution in [0.15, 0.2) is 47.0 Å². The van der Waals surface area contributed by atoms with Crippen LogP contribution >= 0.6 is 0 Å². The molecule has 222 valence electrons. The van der Waals surface area contributed by atoms with E-state index in [9.17, 15) is 14.0 Å². The van der Waals surface area contributed by atoms with Gasteiger partial charge in [-0.25, -0.2) is 14.0 Å². The third-order valence-electron chi connectivity index (χ3n) is 6.95. The Hall–Kier alpha value is -3.66. The van der Waals surface area contributed by atoms with Crippen LogP contribution in [0.1, 0.15) is 64.1 Å². The molecule has 2 aromatic carbocycles. The largest absolute Gasteiger partial charge is 0.494 e. The molecule has 2 heterocycles. The van der Waals surface area contributed by atoms with Crippen molar-refractivity contribution >= 4 is 23.0 Å². The monoisotopic (exact) mass is 569 g/mol. The number of carbonyl (C=O) groups is 2. The van der Waals surface area contributed by atoms with Gasteiger partial charge in [0.2, 0.25) is 0 Å². The zero-order chi connectivity index (χ0) is 29.4. The molecule has 9 nitrogen and oxygen atoms in total. The van der Waals surface area contributed by atoms with Crippen molar-refractivity contribution < 1.29 is 32.7 Å². The normalized spacial score (nSPS) is 15.4. The van der Waals surface area contributed by atoms with Crippen LogP contribution in [0.5, 0.6) is 5.75 Å². The smallest absolute Gasteiger partial charge is 0.408 e. The molecule has 1 aliphatic heterocycles. The summed E-state index contributed by atoms with van der Waals surface area (Å²) in [5.74, 6) is 0.237. The molecule has 0 aliphatic carbocycles. The number of benzene rings is 2. The number of fused-ring (bicyclic) bond motifs is 1. The molecule has 0 radical (unpaired) electrons. The molecule has 10 heteroatoms. The Morgan fingerprint density at radius 1 is 1.15 bits per heavy atom. The fourth-order valence-corrected chi connectivity index (χ4v) is 4.98. The minimum atomic E-state index is -0.855. The number of rotatable bonds is 11. The van der Waals surface area contributed by atoms with E-state index in [1.54, 1.807) is 33.8 Å². The second kappa shape index (κ2) is 13.8. The molecule has 0 saturated carbocycles. The third kappa shape index (κ3) is 8.91. The summed E-state index contributed by atoms with van der Waals surface area (Å²) in [5, 5.41) is 7.75. The highest BCUT2D eigenvalue weighted by atomic mass is 19.1. The highest BCUT2D eigenvalue weighted by Gasteiger charge is 2.26. The average Bonchev–Trinajstić information content (AvgIpc) is 3.34. The second-order valence-corrected chi connectivity index (χ2v) is 11.3. The fourth-order valence-electron chi connectivity index (χ4n) is 4.98. The van der Waals surface area contributed by atoms with Crippen molar-refractivity contribution in [2.75, 3.05) is 32.8 Å². The Balaban J connectivity index is 1.19. The number of alkyl carbamates (subject to hydrolysis) is 1. The lowest BCUT2D eigenvalue weighted by molar-refractivity contribution is -0.145. The number of hydrogen-bond acceptors (Lipinski definition) is 8. The maximum atomic E-state index is 13.5. The third-order valence-corrected chi connectivity index (χ3v) is 6.95. The predicted molar refractivity (Wildman–Crippen MR) is 152 cm³/mol. The number of amides is 1. The van der Waals surface area contributed by atoms with Gasteiger partial charge in [0.25, 0.3) is 0 Å². The van der Waals surface area contributed by atoms with Crippen LogP contribution in [0.25, 0.3) is 11.0 Å². The van der Waals surface area contributed by atoms with Gasteiger partial charge < -0.3 is 29.0 Å². The Kier molecular flexibility index (Phi) is 10.2. The van der Waals surface area contributed by atoms with E-state index in [1.807, 2.05) is 24.3 Å². The Labute approximate surface area is 240 Å². The summed E-state index contributed by atoms with van der Waals surface area (Å²) < 4.78 is 35.2. The molecule has 1 fully saturated rings. The number of halogens is 1. The number of esters is 1. The van der Waals surface area contributed by atoms with Crippen LogP contribution in [0.4, 0.5) is 9.18 Å². The summed E-state index contributed by atoms with van der Waals surface area (Å²) in [6, 6.07) is 11.2. The number of ether oxygens (including phenoxy) is 3. The van der Waals surface area contributed by atoms with E-state index in [-0.39, 0.29) is 18.8 Å². The van der Waals surface area contributed by atoms with Crippen molar-refractivity contribution in [1.82, 2.24) is 15.4 Å².